The lowest BCUT2D eigenvalue weighted by Crippen LogP contribution is -2.20. The van der Waals surface area contributed by atoms with E-state index in [-0.39, 0.29) is 18.2 Å². The van der Waals surface area contributed by atoms with Crippen molar-refractivity contribution < 1.29 is 14.3 Å². The number of fused-ring (bicyclic) bond motifs is 1. The summed E-state index contributed by atoms with van der Waals surface area (Å²) in [6, 6.07) is 13.7. The molecule has 0 fully saturated rings. The molecular formula is C22H25N3O3S2. The second-order valence-corrected chi connectivity index (χ2v) is 8.52. The average Bonchev–Trinajstić information content (AvgIpc) is 3.04. The second-order valence-electron chi connectivity index (χ2n) is 6.63. The van der Waals surface area contributed by atoms with E-state index in [1.54, 1.807) is 11.8 Å². The zero-order valence-corrected chi connectivity index (χ0v) is 18.9. The number of amides is 2. The van der Waals surface area contributed by atoms with Gasteiger partial charge < -0.3 is 14.6 Å². The van der Waals surface area contributed by atoms with Gasteiger partial charge in [-0.2, -0.15) is 4.99 Å². The van der Waals surface area contributed by atoms with Crippen molar-refractivity contribution in [1.29, 1.82) is 0 Å². The minimum atomic E-state index is -0.189. The Morgan fingerprint density at radius 3 is 2.63 bits per heavy atom. The first-order valence-electron chi connectivity index (χ1n) is 9.69. The number of benzene rings is 2. The molecule has 1 N–H and O–H groups in total. The minimum Gasteiger partial charge on any atom is -0.380 e. The Morgan fingerprint density at radius 1 is 1.20 bits per heavy atom. The number of hydrogen-bond donors (Lipinski definition) is 1. The summed E-state index contributed by atoms with van der Waals surface area (Å²) in [7, 11) is 0. The zero-order chi connectivity index (χ0) is 21.5. The number of ether oxygens (including phenoxy) is 1. The predicted molar refractivity (Wildman–Crippen MR) is 123 cm³/mol. The van der Waals surface area contributed by atoms with Crippen LogP contribution in [0.2, 0.25) is 0 Å². The average molecular weight is 444 g/mol. The van der Waals surface area contributed by atoms with E-state index < -0.39 is 0 Å². The molecule has 1 heterocycles. The molecular weight excluding hydrogens is 418 g/mol. The lowest BCUT2D eigenvalue weighted by molar-refractivity contribution is -0.117. The molecule has 0 unspecified atom stereocenters. The number of anilines is 1. The summed E-state index contributed by atoms with van der Waals surface area (Å²) >= 11 is 3.10. The van der Waals surface area contributed by atoms with Gasteiger partial charge in [-0.3, -0.25) is 9.59 Å². The number of carbonyl (C=O) groups excluding carboxylic acids is 2. The van der Waals surface area contributed by atoms with E-state index in [2.05, 4.69) is 10.3 Å². The number of thiazole rings is 1. The van der Waals surface area contributed by atoms with Gasteiger partial charge in [-0.05, 0) is 49.1 Å². The molecule has 0 saturated heterocycles. The molecule has 30 heavy (non-hydrogen) atoms. The fraction of sp³-hybridized carbons (Fsp3) is 0.318. The fourth-order valence-electron chi connectivity index (χ4n) is 3.02. The maximum Gasteiger partial charge on any atom is 0.252 e. The molecule has 0 atom stereocenters. The monoisotopic (exact) mass is 443 g/mol. The van der Waals surface area contributed by atoms with Gasteiger partial charge in [0, 0.05) is 30.7 Å². The van der Waals surface area contributed by atoms with E-state index in [9.17, 15) is 9.59 Å². The SMILES string of the molecule is CCOCCn1c(=NC(=O)Cc2ccc(SC)cc2)sc2cc(NC(C)=O)ccc21. The van der Waals surface area contributed by atoms with Crippen LogP contribution in [0.5, 0.6) is 0 Å². The smallest absolute Gasteiger partial charge is 0.252 e. The van der Waals surface area contributed by atoms with E-state index >= 15 is 0 Å². The molecule has 158 valence electrons. The minimum absolute atomic E-state index is 0.122. The quantitative estimate of drug-likeness (QED) is 0.420. The number of aromatic nitrogens is 1. The van der Waals surface area contributed by atoms with Crippen LogP contribution in [0.4, 0.5) is 5.69 Å². The van der Waals surface area contributed by atoms with Crippen molar-refractivity contribution in [3.63, 3.8) is 0 Å². The third kappa shape index (κ3) is 5.81. The summed E-state index contributed by atoms with van der Waals surface area (Å²) in [6.45, 7) is 5.20. The molecule has 0 spiro atoms. The zero-order valence-electron chi connectivity index (χ0n) is 17.3. The van der Waals surface area contributed by atoms with Crippen molar-refractivity contribution in [2.75, 3.05) is 24.8 Å². The molecule has 8 heteroatoms. The highest BCUT2D eigenvalue weighted by Crippen LogP contribution is 2.22. The molecule has 1 aromatic heterocycles. The van der Waals surface area contributed by atoms with Gasteiger partial charge in [0.1, 0.15) is 0 Å². The van der Waals surface area contributed by atoms with Crippen LogP contribution < -0.4 is 10.1 Å². The molecule has 0 aliphatic rings. The number of thioether (sulfide) groups is 1. The van der Waals surface area contributed by atoms with Gasteiger partial charge in [0.05, 0.1) is 23.2 Å². The molecule has 0 aliphatic carbocycles. The van der Waals surface area contributed by atoms with Crippen molar-refractivity contribution in [3.8, 4) is 0 Å². The van der Waals surface area contributed by atoms with Gasteiger partial charge in [0.15, 0.2) is 4.80 Å². The maximum atomic E-state index is 12.6. The van der Waals surface area contributed by atoms with Gasteiger partial charge >= 0.3 is 0 Å². The largest absolute Gasteiger partial charge is 0.380 e. The fourth-order valence-corrected chi connectivity index (χ4v) is 4.54. The van der Waals surface area contributed by atoms with Crippen LogP contribution >= 0.6 is 23.1 Å². The van der Waals surface area contributed by atoms with Crippen LogP contribution in [-0.4, -0.2) is 35.9 Å². The lowest BCUT2D eigenvalue weighted by atomic mass is 10.1. The van der Waals surface area contributed by atoms with Gasteiger partial charge in [0.25, 0.3) is 5.91 Å². The third-order valence-corrected chi connectivity index (χ3v) is 6.19. The first kappa shape index (κ1) is 22.3. The highest BCUT2D eigenvalue weighted by Gasteiger charge is 2.10. The number of nitrogens with zero attached hydrogens (tertiary/aromatic N) is 2. The molecule has 0 aliphatic heterocycles. The van der Waals surface area contributed by atoms with E-state index in [4.69, 9.17) is 4.74 Å². The first-order chi connectivity index (χ1) is 14.5. The van der Waals surface area contributed by atoms with Crippen molar-refractivity contribution in [2.45, 2.75) is 31.7 Å². The van der Waals surface area contributed by atoms with E-state index in [1.807, 2.05) is 60.2 Å². The van der Waals surface area contributed by atoms with E-state index in [0.717, 1.165) is 26.4 Å². The summed E-state index contributed by atoms with van der Waals surface area (Å²) in [5.41, 5.74) is 2.63. The van der Waals surface area contributed by atoms with Crippen LogP contribution in [0.1, 0.15) is 19.4 Å². The van der Waals surface area contributed by atoms with Gasteiger partial charge in [-0.15, -0.1) is 11.8 Å². The Balaban J connectivity index is 1.92. The summed E-state index contributed by atoms with van der Waals surface area (Å²) in [4.78, 5) is 30.2. The predicted octanol–water partition coefficient (Wildman–Crippen LogP) is 4.09. The van der Waals surface area contributed by atoms with Crippen molar-refractivity contribution >= 4 is 50.8 Å². The van der Waals surface area contributed by atoms with Crippen molar-refractivity contribution in [2.24, 2.45) is 4.99 Å². The number of hydrogen-bond acceptors (Lipinski definition) is 5. The number of carbonyl (C=O) groups is 2. The van der Waals surface area contributed by atoms with Crippen LogP contribution in [0.3, 0.4) is 0 Å². The molecule has 3 aromatic rings. The molecule has 0 radical (unpaired) electrons. The van der Waals surface area contributed by atoms with Crippen LogP contribution in [0.25, 0.3) is 10.2 Å². The van der Waals surface area contributed by atoms with E-state index in [1.165, 1.54) is 18.3 Å². The Labute approximate surface area is 184 Å². The molecule has 0 bridgehead atoms. The number of nitrogens with one attached hydrogen (secondary N) is 1. The summed E-state index contributed by atoms with van der Waals surface area (Å²) in [6.07, 6.45) is 2.28. The Morgan fingerprint density at radius 2 is 1.97 bits per heavy atom. The molecule has 2 aromatic carbocycles. The standard InChI is InChI=1S/C22H25N3O3S2/c1-4-28-12-11-25-19-10-7-17(23-15(2)26)14-20(19)30-22(25)24-21(27)13-16-5-8-18(29-3)9-6-16/h5-10,14H,4,11-13H2,1-3H3,(H,23,26). The highest BCUT2D eigenvalue weighted by atomic mass is 32.2. The van der Waals surface area contributed by atoms with Crippen LogP contribution in [-0.2, 0) is 27.3 Å². The Hall–Kier alpha value is -2.42. The second kappa shape index (κ2) is 10.6. The third-order valence-electron chi connectivity index (χ3n) is 4.40. The van der Waals surface area contributed by atoms with E-state index in [0.29, 0.717) is 24.6 Å². The van der Waals surface area contributed by atoms with Gasteiger partial charge in [-0.1, -0.05) is 23.5 Å². The van der Waals surface area contributed by atoms with Crippen molar-refractivity contribution in [1.82, 2.24) is 4.57 Å². The topological polar surface area (TPSA) is 72.7 Å². The Bertz CT molecular complexity index is 1100. The Kier molecular flexibility index (Phi) is 7.84. The summed E-state index contributed by atoms with van der Waals surface area (Å²) in [5, 5.41) is 2.80. The molecule has 3 rings (SSSR count). The molecule has 0 saturated carbocycles. The molecule has 2 amide bonds. The number of rotatable bonds is 8. The lowest BCUT2D eigenvalue weighted by Gasteiger charge is -2.06. The normalized spacial score (nSPS) is 11.8. The van der Waals surface area contributed by atoms with Crippen molar-refractivity contribution in [3.05, 3.63) is 52.8 Å². The summed E-state index contributed by atoms with van der Waals surface area (Å²) < 4.78 is 8.46. The highest BCUT2D eigenvalue weighted by molar-refractivity contribution is 7.98. The van der Waals surface area contributed by atoms with Gasteiger partial charge in [-0.25, -0.2) is 0 Å². The molecule has 6 nitrogen and oxygen atoms in total. The van der Waals surface area contributed by atoms with Crippen LogP contribution in [0.15, 0.2) is 52.4 Å². The summed E-state index contributed by atoms with van der Waals surface area (Å²) in [5.74, 6) is -0.312. The van der Waals surface area contributed by atoms with Gasteiger partial charge in [0.2, 0.25) is 5.91 Å². The van der Waals surface area contributed by atoms with Crippen LogP contribution in [0, 0.1) is 0 Å². The first-order valence-corrected chi connectivity index (χ1v) is 11.7. The maximum absolute atomic E-state index is 12.6.